The Morgan fingerprint density at radius 3 is 2.52 bits per heavy atom. The number of phenols is 1. The second kappa shape index (κ2) is 6.95. The van der Waals surface area contributed by atoms with Crippen LogP contribution in [0, 0.1) is 6.92 Å². The molecule has 2 heterocycles. The fourth-order valence-corrected chi connectivity index (χ4v) is 2.57. The van der Waals surface area contributed by atoms with Crippen molar-refractivity contribution in [1.29, 1.82) is 0 Å². The van der Waals surface area contributed by atoms with Crippen molar-refractivity contribution in [3.63, 3.8) is 0 Å². The highest BCUT2D eigenvalue weighted by Crippen LogP contribution is 2.37. The molecule has 3 aromatic rings. The van der Waals surface area contributed by atoms with Crippen LogP contribution in [0.3, 0.4) is 0 Å². The van der Waals surface area contributed by atoms with E-state index in [0.717, 1.165) is 12.1 Å². The lowest BCUT2D eigenvalue weighted by atomic mass is 10.0. The Kier molecular flexibility index (Phi) is 4.83. The maximum Gasteiger partial charge on any atom is 0.416 e. The average molecular weight is 379 g/mol. The summed E-state index contributed by atoms with van der Waals surface area (Å²) in [6.45, 7) is 3.53. The summed E-state index contributed by atoms with van der Waals surface area (Å²) in [6.07, 6.45) is -3.86. The number of aromatic hydroxyl groups is 1. The van der Waals surface area contributed by atoms with Crippen LogP contribution in [0.15, 0.2) is 24.5 Å². The molecule has 1 unspecified atom stereocenters. The van der Waals surface area contributed by atoms with Crippen LogP contribution < -0.4 is 5.32 Å². The van der Waals surface area contributed by atoms with Crippen LogP contribution in [0.2, 0.25) is 0 Å². The zero-order valence-electron chi connectivity index (χ0n) is 14.4. The Hall–Kier alpha value is -3.01. The first-order valence-electron chi connectivity index (χ1n) is 7.99. The van der Waals surface area contributed by atoms with Gasteiger partial charge < -0.3 is 15.5 Å². The van der Waals surface area contributed by atoms with Crippen LogP contribution in [0.1, 0.15) is 18.1 Å². The van der Waals surface area contributed by atoms with Gasteiger partial charge >= 0.3 is 6.18 Å². The molecule has 1 aromatic carbocycles. The highest BCUT2D eigenvalue weighted by Gasteiger charge is 2.31. The maximum absolute atomic E-state index is 12.8. The minimum atomic E-state index is -4.56. The van der Waals surface area contributed by atoms with Crippen molar-refractivity contribution < 1.29 is 23.4 Å². The van der Waals surface area contributed by atoms with E-state index in [1.807, 2.05) is 0 Å². The highest BCUT2D eigenvalue weighted by atomic mass is 19.4. The van der Waals surface area contributed by atoms with E-state index in [4.69, 9.17) is 0 Å². The van der Waals surface area contributed by atoms with E-state index in [2.05, 4.69) is 25.5 Å². The molecular weight excluding hydrogens is 363 g/mol. The summed E-state index contributed by atoms with van der Waals surface area (Å²) in [5.41, 5.74) is 0.689. The van der Waals surface area contributed by atoms with Crippen LogP contribution in [0.25, 0.3) is 22.3 Å². The second-order valence-electron chi connectivity index (χ2n) is 6.05. The number of aliphatic hydroxyl groups is 1. The number of phenolic OH excluding ortho intramolecular Hbond substituents is 1. The topological polar surface area (TPSA) is 104 Å². The van der Waals surface area contributed by atoms with Crippen molar-refractivity contribution in [2.75, 3.05) is 11.9 Å². The lowest BCUT2D eigenvalue weighted by Gasteiger charge is -2.13. The molecule has 0 spiro atoms. The number of aromatic nitrogens is 4. The molecule has 0 saturated heterocycles. The Balaban J connectivity index is 2.08. The summed E-state index contributed by atoms with van der Waals surface area (Å²) >= 11 is 0. The SMILES string of the molecule is Cc1c(-c2ccc(C(F)(F)F)cc2O)nnc2c(NCC(C)O)ncnc12. The Bertz CT molecular complexity index is 992. The van der Waals surface area contributed by atoms with Gasteiger partial charge in [0.15, 0.2) is 11.3 Å². The summed E-state index contributed by atoms with van der Waals surface area (Å²) in [5.74, 6) is -0.178. The van der Waals surface area contributed by atoms with Gasteiger partial charge in [0.25, 0.3) is 0 Å². The van der Waals surface area contributed by atoms with Crippen molar-refractivity contribution in [2.45, 2.75) is 26.1 Å². The van der Waals surface area contributed by atoms with E-state index in [9.17, 15) is 23.4 Å². The van der Waals surface area contributed by atoms with Gasteiger partial charge in [-0.3, -0.25) is 0 Å². The minimum absolute atomic E-state index is 0.118. The number of aliphatic hydroxyl groups excluding tert-OH is 1. The molecule has 1 atom stereocenters. The van der Waals surface area contributed by atoms with Crippen LogP contribution >= 0.6 is 0 Å². The van der Waals surface area contributed by atoms with Crippen molar-refractivity contribution in [3.8, 4) is 17.0 Å². The lowest BCUT2D eigenvalue weighted by molar-refractivity contribution is -0.137. The Morgan fingerprint density at radius 2 is 1.89 bits per heavy atom. The number of nitrogens with one attached hydrogen (secondary N) is 1. The average Bonchev–Trinajstić information content (AvgIpc) is 2.60. The normalized spacial score (nSPS) is 13.0. The number of anilines is 1. The van der Waals surface area contributed by atoms with Gasteiger partial charge in [0, 0.05) is 17.7 Å². The van der Waals surface area contributed by atoms with E-state index in [1.54, 1.807) is 13.8 Å². The second-order valence-corrected chi connectivity index (χ2v) is 6.05. The number of benzene rings is 1. The molecule has 0 aliphatic heterocycles. The Labute approximate surface area is 151 Å². The van der Waals surface area contributed by atoms with Gasteiger partial charge in [0.1, 0.15) is 23.3 Å². The number of hydrogen-bond acceptors (Lipinski definition) is 7. The summed E-state index contributed by atoms with van der Waals surface area (Å²) in [6, 6.07) is 2.67. The van der Waals surface area contributed by atoms with E-state index in [1.165, 1.54) is 6.33 Å². The number of halogens is 3. The molecule has 27 heavy (non-hydrogen) atoms. The van der Waals surface area contributed by atoms with Crippen molar-refractivity contribution in [2.24, 2.45) is 0 Å². The number of alkyl halides is 3. The fraction of sp³-hybridized carbons (Fsp3) is 0.294. The standard InChI is InChI=1S/C17H16F3N5O2/c1-8(26)6-21-16-15-14(22-7-23-16)9(2)13(24-25-15)11-4-3-10(5-12(11)27)17(18,19)20/h3-5,7-8,26-27H,6H2,1-2H3,(H,21,22,23). The predicted octanol–water partition coefficient (Wildman–Crippen LogP) is 2.91. The van der Waals surface area contributed by atoms with Crippen molar-refractivity contribution in [3.05, 3.63) is 35.7 Å². The molecule has 2 aromatic heterocycles. The zero-order valence-corrected chi connectivity index (χ0v) is 14.4. The van der Waals surface area contributed by atoms with Crippen LogP contribution in [0.4, 0.5) is 19.0 Å². The number of aryl methyl sites for hydroxylation is 1. The molecule has 142 valence electrons. The van der Waals surface area contributed by atoms with E-state index >= 15 is 0 Å². The first-order chi connectivity index (χ1) is 12.7. The van der Waals surface area contributed by atoms with E-state index in [0.29, 0.717) is 28.5 Å². The summed E-state index contributed by atoms with van der Waals surface area (Å²) < 4.78 is 38.3. The third-order valence-electron chi connectivity index (χ3n) is 3.93. The first kappa shape index (κ1) is 18.8. The van der Waals surface area contributed by atoms with Gasteiger partial charge in [-0.25, -0.2) is 9.97 Å². The molecule has 0 aliphatic carbocycles. The first-order valence-corrected chi connectivity index (χ1v) is 7.99. The number of nitrogens with zero attached hydrogens (tertiary/aromatic N) is 4. The largest absolute Gasteiger partial charge is 0.507 e. The summed E-state index contributed by atoms with van der Waals surface area (Å²) in [7, 11) is 0. The van der Waals surface area contributed by atoms with E-state index in [-0.39, 0.29) is 17.8 Å². The van der Waals surface area contributed by atoms with Gasteiger partial charge in [-0.05, 0) is 32.0 Å². The predicted molar refractivity (Wildman–Crippen MR) is 92.1 cm³/mol. The van der Waals surface area contributed by atoms with Gasteiger partial charge in [-0.2, -0.15) is 13.2 Å². The summed E-state index contributed by atoms with van der Waals surface area (Å²) in [4.78, 5) is 8.23. The maximum atomic E-state index is 12.8. The molecule has 0 fully saturated rings. The van der Waals surface area contributed by atoms with Crippen LogP contribution in [0.5, 0.6) is 5.75 Å². The summed E-state index contributed by atoms with van der Waals surface area (Å²) in [5, 5.41) is 30.5. The minimum Gasteiger partial charge on any atom is -0.507 e. The molecule has 0 saturated carbocycles. The van der Waals surface area contributed by atoms with Crippen molar-refractivity contribution in [1.82, 2.24) is 20.2 Å². The van der Waals surface area contributed by atoms with Crippen molar-refractivity contribution >= 4 is 16.9 Å². The molecule has 0 radical (unpaired) electrons. The quantitative estimate of drug-likeness (QED) is 0.640. The third kappa shape index (κ3) is 3.75. The Morgan fingerprint density at radius 1 is 1.15 bits per heavy atom. The third-order valence-corrected chi connectivity index (χ3v) is 3.93. The molecule has 0 aliphatic rings. The molecule has 3 rings (SSSR count). The molecule has 10 heteroatoms. The molecule has 0 bridgehead atoms. The smallest absolute Gasteiger partial charge is 0.416 e. The van der Waals surface area contributed by atoms with Gasteiger partial charge in [0.2, 0.25) is 0 Å². The van der Waals surface area contributed by atoms with Gasteiger partial charge in [0.05, 0.1) is 11.7 Å². The van der Waals surface area contributed by atoms with Gasteiger partial charge in [-0.1, -0.05) is 0 Å². The molecule has 7 nitrogen and oxygen atoms in total. The molecule has 3 N–H and O–H groups in total. The van der Waals surface area contributed by atoms with Crippen LogP contribution in [-0.2, 0) is 6.18 Å². The zero-order chi connectivity index (χ0) is 19.8. The molecule has 0 amide bonds. The lowest BCUT2D eigenvalue weighted by Crippen LogP contribution is -2.16. The van der Waals surface area contributed by atoms with Gasteiger partial charge in [-0.15, -0.1) is 10.2 Å². The highest BCUT2D eigenvalue weighted by molar-refractivity contribution is 5.90. The number of fused-ring (bicyclic) bond motifs is 1. The number of hydrogen-bond donors (Lipinski definition) is 3. The van der Waals surface area contributed by atoms with Crippen LogP contribution in [-0.4, -0.2) is 43.0 Å². The molecular formula is C17H16F3N5O2. The monoisotopic (exact) mass is 379 g/mol. The fourth-order valence-electron chi connectivity index (χ4n) is 2.57. The van der Waals surface area contributed by atoms with E-state index < -0.39 is 23.6 Å². The number of rotatable bonds is 4.